The Kier molecular flexibility index (Phi) is 7.57. The maximum absolute atomic E-state index is 12.6. The summed E-state index contributed by atoms with van der Waals surface area (Å²) in [7, 11) is 4.92. The van der Waals surface area contributed by atoms with Gasteiger partial charge in [0.05, 0.1) is 25.9 Å². The van der Waals surface area contributed by atoms with Gasteiger partial charge in [0, 0.05) is 18.2 Å². The molecule has 1 unspecified atom stereocenters. The summed E-state index contributed by atoms with van der Waals surface area (Å²) in [5.74, 6) is 0.886. The Morgan fingerprint density at radius 3 is 2.46 bits per heavy atom. The Morgan fingerprint density at radius 1 is 1.11 bits per heavy atom. The van der Waals surface area contributed by atoms with E-state index >= 15 is 0 Å². The van der Waals surface area contributed by atoms with Gasteiger partial charge < -0.3 is 19.5 Å². The molecule has 0 saturated heterocycles. The predicted octanol–water partition coefficient (Wildman–Crippen LogP) is 3.76. The third-order valence-electron chi connectivity index (χ3n) is 4.32. The van der Waals surface area contributed by atoms with Crippen LogP contribution in [0.2, 0.25) is 0 Å². The van der Waals surface area contributed by atoms with Crippen molar-refractivity contribution in [2.24, 2.45) is 0 Å². The van der Waals surface area contributed by atoms with Crippen LogP contribution >= 0.6 is 0 Å². The van der Waals surface area contributed by atoms with Gasteiger partial charge in [-0.05, 0) is 32.2 Å². The zero-order valence-electron chi connectivity index (χ0n) is 16.2. The number of para-hydroxylation sites is 2. The van der Waals surface area contributed by atoms with Crippen LogP contribution in [0.25, 0.3) is 0 Å². The SMILES string of the molecule is COc1ccc(CN(C)C(C)C(=O)Nc2ccccc2OC(F)F)c(OC)c1. The Balaban J connectivity index is 2.07. The zero-order valence-corrected chi connectivity index (χ0v) is 16.2. The number of likely N-dealkylation sites (N-methyl/N-ethyl adjacent to an activating group) is 1. The van der Waals surface area contributed by atoms with E-state index in [0.29, 0.717) is 18.0 Å². The van der Waals surface area contributed by atoms with E-state index in [1.54, 1.807) is 46.4 Å². The predicted molar refractivity (Wildman–Crippen MR) is 102 cm³/mol. The molecule has 1 amide bonds. The van der Waals surface area contributed by atoms with E-state index in [1.807, 2.05) is 17.0 Å². The summed E-state index contributed by atoms with van der Waals surface area (Å²) in [5.41, 5.74) is 1.07. The first-order valence-corrected chi connectivity index (χ1v) is 8.61. The Bertz CT molecular complexity index is 802. The fourth-order valence-electron chi connectivity index (χ4n) is 2.59. The van der Waals surface area contributed by atoms with Gasteiger partial charge in [-0.1, -0.05) is 18.2 Å². The average molecular weight is 394 g/mol. The van der Waals surface area contributed by atoms with E-state index in [0.717, 1.165) is 5.56 Å². The lowest BCUT2D eigenvalue weighted by molar-refractivity contribution is -0.120. The van der Waals surface area contributed by atoms with Crippen LogP contribution in [0.15, 0.2) is 42.5 Å². The third kappa shape index (κ3) is 5.56. The molecule has 0 aliphatic carbocycles. The maximum atomic E-state index is 12.6. The number of nitrogens with one attached hydrogen (secondary N) is 1. The van der Waals surface area contributed by atoms with Crippen LogP contribution in [0.4, 0.5) is 14.5 Å². The van der Waals surface area contributed by atoms with Crippen LogP contribution in [-0.2, 0) is 11.3 Å². The van der Waals surface area contributed by atoms with Crippen molar-refractivity contribution in [2.75, 3.05) is 26.6 Å². The summed E-state index contributed by atoms with van der Waals surface area (Å²) in [5, 5.41) is 2.64. The lowest BCUT2D eigenvalue weighted by Gasteiger charge is -2.25. The fraction of sp³-hybridized carbons (Fsp3) is 0.350. The first-order chi connectivity index (χ1) is 13.3. The molecule has 0 saturated carbocycles. The molecule has 0 radical (unpaired) electrons. The number of alkyl halides is 2. The molecule has 0 heterocycles. The molecular formula is C20H24F2N2O4. The second-order valence-corrected chi connectivity index (χ2v) is 6.13. The molecule has 0 aliphatic rings. The second kappa shape index (κ2) is 9.89. The highest BCUT2D eigenvalue weighted by Gasteiger charge is 2.21. The standard InChI is InChI=1S/C20H24F2N2O4/c1-13(19(25)23-16-7-5-6-8-17(16)28-20(21)22)24(2)12-14-9-10-15(26-3)11-18(14)27-4/h5-11,13,20H,12H2,1-4H3,(H,23,25). The maximum Gasteiger partial charge on any atom is 0.387 e. The highest BCUT2D eigenvalue weighted by atomic mass is 19.3. The molecule has 1 N–H and O–H groups in total. The van der Waals surface area contributed by atoms with Gasteiger partial charge in [0.25, 0.3) is 0 Å². The number of halogens is 2. The van der Waals surface area contributed by atoms with Gasteiger partial charge in [0.1, 0.15) is 17.2 Å². The molecule has 0 aromatic heterocycles. The summed E-state index contributed by atoms with van der Waals surface area (Å²) >= 11 is 0. The second-order valence-electron chi connectivity index (χ2n) is 6.13. The van der Waals surface area contributed by atoms with Crippen LogP contribution in [0.5, 0.6) is 17.2 Å². The molecule has 0 fully saturated rings. The monoisotopic (exact) mass is 394 g/mol. The van der Waals surface area contributed by atoms with Crippen molar-refractivity contribution in [3.63, 3.8) is 0 Å². The first-order valence-electron chi connectivity index (χ1n) is 8.61. The summed E-state index contributed by atoms with van der Waals surface area (Å²) < 4.78 is 40.1. The highest BCUT2D eigenvalue weighted by molar-refractivity contribution is 5.95. The molecule has 0 bridgehead atoms. The summed E-state index contributed by atoms with van der Waals surface area (Å²) in [4.78, 5) is 14.4. The van der Waals surface area contributed by atoms with Gasteiger partial charge in [-0.15, -0.1) is 0 Å². The van der Waals surface area contributed by atoms with Crippen molar-refractivity contribution in [3.8, 4) is 17.2 Å². The van der Waals surface area contributed by atoms with Crippen LogP contribution in [0.3, 0.4) is 0 Å². The summed E-state index contributed by atoms with van der Waals surface area (Å²) in [6, 6.07) is 11.0. The Hall–Kier alpha value is -2.87. The summed E-state index contributed by atoms with van der Waals surface area (Å²) in [6.45, 7) is -0.806. The number of nitrogens with zero attached hydrogens (tertiary/aromatic N) is 1. The molecule has 0 aliphatic heterocycles. The van der Waals surface area contributed by atoms with E-state index in [1.165, 1.54) is 12.1 Å². The lowest BCUT2D eigenvalue weighted by Crippen LogP contribution is -2.39. The van der Waals surface area contributed by atoms with Crippen molar-refractivity contribution in [2.45, 2.75) is 26.1 Å². The molecule has 2 rings (SSSR count). The molecular weight excluding hydrogens is 370 g/mol. The van der Waals surface area contributed by atoms with Gasteiger partial charge in [0.15, 0.2) is 0 Å². The van der Waals surface area contributed by atoms with E-state index in [-0.39, 0.29) is 17.3 Å². The van der Waals surface area contributed by atoms with Crippen molar-refractivity contribution in [3.05, 3.63) is 48.0 Å². The number of hydrogen-bond acceptors (Lipinski definition) is 5. The minimum Gasteiger partial charge on any atom is -0.497 e. The van der Waals surface area contributed by atoms with Crippen molar-refractivity contribution >= 4 is 11.6 Å². The molecule has 28 heavy (non-hydrogen) atoms. The molecule has 2 aromatic carbocycles. The number of carbonyl (C=O) groups excluding carboxylic acids is 1. The van der Waals surface area contributed by atoms with E-state index in [4.69, 9.17) is 9.47 Å². The normalized spacial score (nSPS) is 12.0. The van der Waals surface area contributed by atoms with Crippen molar-refractivity contribution in [1.82, 2.24) is 4.90 Å². The van der Waals surface area contributed by atoms with E-state index in [2.05, 4.69) is 10.1 Å². The van der Waals surface area contributed by atoms with Gasteiger partial charge >= 0.3 is 6.61 Å². The van der Waals surface area contributed by atoms with Gasteiger partial charge in [0.2, 0.25) is 5.91 Å². The summed E-state index contributed by atoms with van der Waals surface area (Å²) in [6.07, 6.45) is 0. The number of amides is 1. The van der Waals surface area contributed by atoms with Gasteiger partial charge in [-0.3, -0.25) is 9.69 Å². The molecule has 152 valence electrons. The minimum atomic E-state index is -2.97. The van der Waals surface area contributed by atoms with Crippen LogP contribution in [-0.4, -0.2) is 44.7 Å². The minimum absolute atomic E-state index is 0.0856. The zero-order chi connectivity index (χ0) is 20.7. The number of carbonyl (C=O) groups is 1. The fourth-order valence-corrected chi connectivity index (χ4v) is 2.59. The number of hydrogen-bond donors (Lipinski definition) is 1. The number of benzene rings is 2. The smallest absolute Gasteiger partial charge is 0.387 e. The Labute approximate surface area is 163 Å². The van der Waals surface area contributed by atoms with Gasteiger partial charge in [-0.25, -0.2) is 0 Å². The van der Waals surface area contributed by atoms with Gasteiger partial charge in [-0.2, -0.15) is 8.78 Å². The number of methoxy groups -OCH3 is 2. The van der Waals surface area contributed by atoms with Crippen molar-refractivity contribution in [1.29, 1.82) is 0 Å². The van der Waals surface area contributed by atoms with Crippen LogP contribution < -0.4 is 19.5 Å². The number of ether oxygens (including phenoxy) is 3. The first kappa shape index (κ1) is 21.4. The van der Waals surface area contributed by atoms with Crippen molar-refractivity contribution < 1.29 is 27.8 Å². The van der Waals surface area contributed by atoms with Crippen LogP contribution in [0, 0.1) is 0 Å². The Morgan fingerprint density at radius 2 is 1.82 bits per heavy atom. The topological polar surface area (TPSA) is 60.0 Å². The number of rotatable bonds is 9. The third-order valence-corrected chi connectivity index (χ3v) is 4.32. The molecule has 6 nitrogen and oxygen atoms in total. The quantitative estimate of drug-likeness (QED) is 0.702. The average Bonchev–Trinajstić information content (AvgIpc) is 2.68. The molecule has 1 atom stereocenters. The number of anilines is 1. The molecule has 2 aromatic rings. The molecule has 8 heteroatoms. The highest BCUT2D eigenvalue weighted by Crippen LogP contribution is 2.27. The van der Waals surface area contributed by atoms with Crippen LogP contribution in [0.1, 0.15) is 12.5 Å². The largest absolute Gasteiger partial charge is 0.497 e. The lowest BCUT2D eigenvalue weighted by atomic mass is 10.1. The van der Waals surface area contributed by atoms with E-state index in [9.17, 15) is 13.6 Å². The molecule has 0 spiro atoms. The van der Waals surface area contributed by atoms with E-state index < -0.39 is 12.7 Å².